The smallest absolute Gasteiger partial charge is 0.130 e. The molecule has 1 heterocycles. The molecule has 0 saturated carbocycles. The van der Waals surface area contributed by atoms with Gasteiger partial charge in [-0.2, -0.15) is 0 Å². The van der Waals surface area contributed by atoms with E-state index in [0.29, 0.717) is 0 Å². The average Bonchev–Trinajstić information content (AvgIpc) is 3.25. The molecule has 2 N–H and O–H groups in total. The Kier molecular flexibility index (Phi) is 9.06. The summed E-state index contributed by atoms with van der Waals surface area (Å²) in [4.78, 5) is 5.28. The summed E-state index contributed by atoms with van der Waals surface area (Å²) in [6.45, 7) is 3.89. The van der Waals surface area contributed by atoms with E-state index in [2.05, 4.69) is 164 Å². The van der Waals surface area contributed by atoms with Crippen LogP contribution >= 0.6 is 0 Å². The molecule has 1 aliphatic heterocycles. The number of nitrogens with zero attached hydrogens (tertiary/aromatic N) is 1. The molecule has 54 heavy (non-hydrogen) atoms. The highest BCUT2D eigenvalue weighted by Gasteiger charge is 2.23. The zero-order valence-electron chi connectivity index (χ0n) is 30.4. The first kappa shape index (κ1) is 33.5. The van der Waals surface area contributed by atoms with Crippen molar-refractivity contribution in [3.05, 3.63) is 197 Å². The summed E-state index contributed by atoms with van der Waals surface area (Å²) in [5.41, 5.74) is 11.0. The fourth-order valence-corrected chi connectivity index (χ4v) is 8.46. The second kappa shape index (κ2) is 14.6. The van der Waals surface area contributed by atoms with Gasteiger partial charge in [-0.3, -0.25) is 0 Å². The lowest BCUT2D eigenvalue weighted by Crippen LogP contribution is -2.32. The first-order valence-electron chi connectivity index (χ1n) is 19.2. The fourth-order valence-electron chi connectivity index (χ4n) is 8.46. The molecule has 0 saturated heterocycles. The van der Waals surface area contributed by atoms with Gasteiger partial charge in [-0.15, -0.1) is 6.58 Å². The van der Waals surface area contributed by atoms with E-state index < -0.39 is 0 Å². The topological polar surface area (TPSA) is 48.2 Å². The van der Waals surface area contributed by atoms with Gasteiger partial charge in [0.15, 0.2) is 0 Å². The molecule has 9 rings (SSSR count). The van der Waals surface area contributed by atoms with Crippen molar-refractivity contribution in [1.82, 2.24) is 5.32 Å². The van der Waals surface area contributed by atoms with Gasteiger partial charge in [-0.05, 0) is 121 Å². The van der Waals surface area contributed by atoms with Gasteiger partial charge in [0.25, 0.3) is 0 Å². The Bertz CT molecular complexity index is 2690. The van der Waals surface area contributed by atoms with Crippen molar-refractivity contribution in [2.45, 2.75) is 44.1 Å². The molecule has 0 bridgehead atoms. The van der Waals surface area contributed by atoms with E-state index in [9.17, 15) is 0 Å². The number of benzene rings is 6. The molecular weight excluding hydrogens is 655 g/mol. The Morgan fingerprint density at radius 1 is 0.741 bits per heavy atom. The molecule has 0 fully saturated rings. The molecule has 3 heteroatoms. The van der Waals surface area contributed by atoms with Gasteiger partial charge in [-0.25, -0.2) is 4.99 Å². The maximum atomic E-state index is 7.94. The van der Waals surface area contributed by atoms with Crippen molar-refractivity contribution < 1.29 is 0 Å². The van der Waals surface area contributed by atoms with Crippen molar-refractivity contribution in [2.24, 2.45) is 4.99 Å². The summed E-state index contributed by atoms with van der Waals surface area (Å²) >= 11 is 0. The Morgan fingerprint density at radius 2 is 1.44 bits per heavy atom. The Hall–Kier alpha value is -6.32. The minimum absolute atomic E-state index is 0.0314. The predicted octanol–water partition coefficient (Wildman–Crippen LogP) is 11.1. The van der Waals surface area contributed by atoms with Gasteiger partial charge < -0.3 is 10.7 Å². The molecule has 0 amide bonds. The molecule has 3 nitrogen and oxygen atoms in total. The van der Waals surface area contributed by atoms with E-state index in [1.807, 2.05) is 6.08 Å². The number of allylic oxidation sites excluding steroid dienone is 4. The average molecular weight is 698 g/mol. The molecule has 2 atom stereocenters. The van der Waals surface area contributed by atoms with E-state index in [1.165, 1.54) is 71.6 Å². The molecule has 3 aliphatic rings. The van der Waals surface area contributed by atoms with Crippen LogP contribution in [0.15, 0.2) is 174 Å². The van der Waals surface area contributed by atoms with Gasteiger partial charge in [0.2, 0.25) is 0 Å². The summed E-state index contributed by atoms with van der Waals surface area (Å²) in [5, 5.41) is 19.6. The third kappa shape index (κ3) is 6.37. The summed E-state index contributed by atoms with van der Waals surface area (Å²) < 4.78 is 0. The Morgan fingerprint density at radius 3 is 2.22 bits per heavy atom. The van der Waals surface area contributed by atoms with Gasteiger partial charge in [-0.1, -0.05) is 146 Å². The Balaban J connectivity index is 1.08. The van der Waals surface area contributed by atoms with Crippen LogP contribution in [0.1, 0.15) is 60.8 Å². The van der Waals surface area contributed by atoms with Crippen LogP contribution in [0.4, 0.5) is 0 Å². The molecule has 0 aromatic heterocycles. The number of hydrogen-bond donors (Lipinski definition) is 2. The SMILES string of the molecule is C=CCC(C=N)c1ccc(C2=CC(c3ccc(-c4cc5ccccc5c5ccccc45)cc3)NC(C3=CC=C(C4=c5ccccc5=CCC4)CC3)=N2)cc1. The number of rotatable bonds is 9. The molecule has 6 aromatic rings. The first-order valence-corrected chi connectivity index (χ1v) is 19.2. The van der Waals surface area contributed by atoms with Crippen molar-refractivity contribution in [3.63, 3.8) is 0 Å². The number of nitrogens with one attached hydrogen (secondary N) is 2. The number of hydrogen-bond acceptors (Lipinski definition) is 3. The largest absolute Gasteiger partial charge is 0.359 e. The van der Waals surface area contributed by atoms with Crippen LogP contribution in [0.5, 0.6) is 0 Å². The summed E-state index contributed by atoms with van der Waals surface area (Å²) in [6.07, 6.45) is 17.5. The molecule has 0 spiro atoms. The number of fused-ring (bicyclic) bond motifs is 4. The summed E-state index contributed by atoms with van der Waals surface area (Å²) in [5.74, 6) is 0.969. The van der Waals surface area contributed by atoms with E-state index in [0.717, 1.165) is 54.8 Å². The monoisotopic (exact) mass is 697 g/mol. The quantitative estimate of drug-likeness (QED) is 0.0882. The highest BCUT2D eigenvalue weighted by Crippen LogP contribution is 2.37. The molecular formula is C51H43N3. The van der Waals surface area contributed by atoms with E-state index in [-0.39, 0.29) is 12.0 Å². The Labute approximate surface area is 317 Å². The second-order valence-electron chi connectivity index (χ2n) is 14.6. The number of aliphatic imine (C=N–C) groups is 1. The molecule has 2 unspecified atom stereocenters. The van der Waals surface area contributed by atoms with Crippen LogP contribution in [0, 0.1) is 5.41 Å². The minimum Gasteiger partial charge on any atom is -0.359 e. The van der Waals surface area contributed by atoms with Gasteiger partial charge >= 0.3 is 0 Å². The molecule has 6 aromatic carbocycles. The zero-order valence-corrected chi connectivity index (χ0v) is 30.4. The van der Waals surface area contributed by atoms with E-state index in [4.69, 9.17) is 10.4 Å². The van der Waals surface area contributed by atoms with Crippen molar-refractivity contribution in [3.8, 4) is 11.1 Å². The maximum absolute atomic E-state index is 7.94. The summed E-state index contributed by atoms with van der Waals surface area (Å²) in [6, 6.07) is 46.1. The van der Waals surface area contributed by atoms with Gasteiger partial charge in [0.05, 0.1) is 11.7 Å². The minimum atomic E-state index is -0.0499. The van der Waals surface area contributed by atoms with Crippen molar-refractivity contribution >= 4 is 50.9 Å². The van der Waals surface area contributed by atoms with Gasteiger partial charge in [0, 0.05) is 12.1 Å². The van der Waals surface area contributed by atoms with Gasteiger partial charge in [0.1, 0.15) is 5.84 Å². The van der Waals surface area contributed by atoms with Crippen LogP contribution in [-0.2, 0) is 0 Å². The normalized spacial score (nSPS) is 17.3. The van der Waals surface area contributed by atoms with Crippen LogP contribution in [-0.4, -0.2) is 12.1 Å². The highest BCUT2D eigenvalue weighted by atomic mass is 15.0. The molecule has 2 aliphatic carbocycles. The first-order chi connectivity index (χ1) is 26.7. The summed E-state index contributed by atoms with van der Waals surface area (Å²) in [7, 11) is 0. The van der Waals surface area contributed by atoms with Crippen LogP contribution < -0.4 is 15.8 Å². The maximum Gasteiger partial charge on any atom is 0.130 e. The van der Waals surface area contributed by atoms with Crippen molar-refractivity contribution in [2.75, 3.05) is 0 Å². The third-order valence-corrected chi connectivity index (χ3v) is 11.3. The van der Waals surface area contributed by atoms with Crippen molar-refractivity contribution in [1.29, 1.82) is 5.41 Å². The highest BCUT2D eigenvalue weighted by molar-refractivity contribution is 6.13. The molecule has 0 radical (unpaired) electrons. The predicted molar refractivity (Wildman–Crippen MR) is 229 cm³/mol. The zero-order chi connectivity index (χ0) is 36.4. The fraction of sp³-hybridized carbons (Fsp3) is 0.137. The van der Waals surface area contributed by atoms with Crippen LogP contribution in [0.2, 0.25) is 0 Å². The third-order valence-electron chi connectivity index (χ3n) is 11.3. The lowest BCUT2D eigenvalue weighted by Gasteiger charge is -2.27. The number of amidine groups is 1. The van der Waals surface area contributed by atoms with E-state index in [1.54, 1.807) is 0 Å². The second-order valence-corrected chi connectivity index (χ2v) is 14.6. The van der Waals surface area contributed by atoms with E-state index >= 15 is 0 Å². The lowest BCUT2D eigenvalue weighted by atomic mass is 9.86. The standard InChI is InChI=1S/C51H43N3/c1-2-10-42(33-52)34-19-25-38(26-20-34)49-32-50(54-51(53-49)40-29-23-36(24-30-40)44-18-9-13-35-11-3-5-14-43(35)44)39-27-21-37(22-28-39)48-31-41-12-4-6-15-45(41)46-16-7-8-17-47(46)48/h2-8,11-17,19-23,25-29,31-33,42,50,52H,1,9-10,18,24,30H2,(H,53,54). The van der Waals surface area contributed by atoms with Crippen LogP contribution in [0.25, 0.3) is 50.0 Å². The molecule has 262 valence electrons. The van der Waals surface area contributed by atoms with Crippen LogP contribution in [0.3, 0.4) is 0 Å². The lowest BCUT2D eigenvalue weighted by molar-refractivity contribution is 0.772.